The smallest absolute Gasteiger partial charge is 0.225 e. The van der Waals surface area contributed by atoms with Crippen LogP contribution in [0.5, 0.6) is 0 Å². The maximum Gasteiger partial charge on any atom is 0.225 e. The van der Waals surface area contributed by atoms with E-state index in [1.54, 1.807) is 0 Å². The first-order chi connectivity index (χ1) is 8.02. The van der Waals surface area contributed by atoms with E-state index in [1.807, 2.05) is 20.8 Å². The van der Waals surface area contributed by atoms with Crippen molar-refractivity contribution in [3.05, 3.63) is 0 Å². The highest BCUT2D eigenvalue weighted by molar-refractivity contribution is 5.81. The highest BCUT2D eigenvalue weighted by Crippen LogP contribution is 2.21. The van der Waals surface area contributed by atoms with Crippen LogP contribution in [-0.2, 0) is 9.59 Å². The molecule has 0 aliphatic carbocycles. The van der Waals surface area contributed by atoms with Gasteiger partial charge in [-0.2, -0.15) is 0 Å². The van der Waals surface area contributed by atoms with Crippen molar-refractivity contribution in [2.24, 2.45) is 10.8 Å². The molecule has 3 heteroatoms. The number of hydrogen-bond donors (Lipinski definition) is 1. The molecule has 0 spiro atoms. The van der Waals surface area contributed by atoms with Gasteiger partial charge in [0.1, 0.15) is 5.78 Å². The molecule has 0 radical (unpaired) electrons. The Kier molecular flexibility index (Phi) is 6.58. The normalized spacial score (nSPS) is 12.3. The van der Waals surface area contributed by atoms with Crippen molar-refractivity contribution in [3.63, 3.8) is 0 Å². The molecule has 0 aromatic carbocycles. The molecule has 0 aliphatic rings. The van der Waals surface area contributed by atoms with Gasteiger partial charge < -0.3 is 5.32 Å². The molecule has 18 heavy (non-hydrogen) atoms. The molecule has 0 aromatic rings. The van der Waals surface area contributed by atoms with Crippen LogP contribution in [0.4, 0.5) is 0 Å². The van der Waals surface area contributed by atoms with E-state index in [-0.39, 0.29) is 16.7 Å². The van der Waals surface area contributed by atoms with Crippen molar-refractivity contribution in [3.8, 4) is 0 Å². The van der Waals surface area contributed by atoms with Crippen LogP contribution in [0.3, 0.4) is 0 Å². The largest absolute Gasteiger partial charge is 0.356 e. The predicted octanol–water partition coefficient (Wildman–Crippen LogP) is 3.32. The zero-order valence-corrected chi connectivity index (χ0v) is 12.9. The fourth-order valence-corrected chi connectivity index (χ4v) is 1.39. The third-order valence-corrected chi connectivity index (χ3v) is 2.75. The van der Waals surface area contributed by atoms with Crippen molar-refractivity contribution in [1.82, 2.24) is 5.32 Å². The predicted molar refractivity (Wildman–Crippen MR) is 75.4 cm³/mol. The van der Waals surface area contributed by atoms with E-state index < -0.39 is 0 Å². The van der Waals surface area contributed by atoms with E-state index in [4.69, 9.17) is 0 Å². The van der Waals surface area contributed by atoms with Crippen LogP contribution in [0.25, 0.3) is 0 Å². The molecule has 0 fully saturated rings. The molecule has 0 saturated heterocycles. The van der Waals surface area contributed by atoms with Gasteiger partial charge in [-0.05, 0) is 18.3 Å². The lowest BCUT2D eigenvalue weighted by molar-refractivity contribution is -0.128. The summed E-state index contributed by atoms with van der Waals surface area (Å²) in [5.74, 6) is 0.347. The Hall–Kier alpha value is -0.860. The quantitative estimate of drug-likeness (QED) is 0.740. The lowest BCUT2D eigenvalue weighted by Gasteiger charge is -2.18. The van der Waals surface area contributed by atoms with Crippen LogP contribution in [0.15, 0.2) is 0 Å². The summed E-state index contributed by atoms with van der Waals surface area (Å²) in [4.78, 5) is 23.2. The molecule has 0 heterocycles. The molecule has 3 nitrogen and oxygen atoms in total. The van der Waals surface area contributed by atoms with Gasteiger partial charge in [-0.1, -0.05) is 41.5 Å². The highest BCUT2D eigenvalue weighted by atomic mass is 16.2. The number of carbonyl (C=O) groups is 2. The number of carbonyl (C=O) groups excluding carboxylic acids is 2. The standard InChI is InChI=1S/C15H29NO2/c1-14(2,3)10-9-12(17)8-7-11-16-13(18)15(4,5)6/h7-11H2,1-6H3,(H,16,18). The Labute approximate surface area is 112 Å². The molecule has 0 aliphatic heterocycles. The zero-order chi connectivity index (χ0) is 14.4. The van der Waals surface area contributed by atoms with Gasteiger partial charge in [-0.3, -0.25) is 9.59 Å². The van der Waals surface area contributed by atoms with Crippen LogP contribution < -0.4 is 5.32 Å². The van der Waals surface area contributed by atoms with Crippen molar-refractivity contribution >= 4 is 11.7 Å². The van der Waals surface area contributed by atoms with Crippen LogP contribution in [-0.4, -0.2) is 18.2 Å². The van der Waals surface area contributed by atoms with Gasteiger partial charge in [0.15, 0.2) is 0 Å². The Morgan fingerprint density at radius 2 is 1.50 bits per heavy atom. The van der Waals surface area contributed by atoms with E-state index in [9.17, 15) is 9.59 Å². The van der Waals surface area contributed by atoms with Gasteiger partial charge in [0.05, 0.1) is 0 Å². The van der Waals surface area contributed by atoms with Gasteiger partial charge in [0.25, 0.3) is 0 Å². The zero-order valence-electron chi connectivity index (χ0n) is 12.9. The first kappa shape index (κ1) is 17.1. The van der Waals surface area contributed by atoms with E-state index in [1.165, 1.54) is 0 Å². The fraction of sp³-hybridized carbons (Fsp3) is 0.867. The maximum absolute atomic E-state index is 11.6. The number of Topliss-reactive ketones (excluding diaryl/α,β-unsaturated/α-hetero) is 1. The molecular weight excluding hydrogens is 226 g/mol. The molecule has 0 aromatic heterocycles. The Bertz CT molecular complexity index is 282. The number of nitrogens with one attached hydrogen (secondary N) is 1. The summed E-state index contributed by atoms with van der Waals surface area (Å²) in [6.45, 7) is 12.7. The number of ketones is 1. The second-order valence-corrected chi connectivity index (χ2v) is 7.21. The highest BCUT2D eigenvalue weighted by Gasteiger charge is 2.20. The second kappa shape index (κ2) is 6.91. The van der Waals surface area contributed by atoms with Gasteiger partial charge in [0.2, 0.25) is 5.91 Å². The maximum atomic E-state index is 11.6. The summed E-state index contributed by atoms with van der Waals surface area (Å²) < 4.78 is 0. The Balaban J connectivity index is 3.68. The lowest BCUT2D eigenvalue weighted by Crippen LogP contribution is -2.35. The molecule has 1 amide bonds. The molecule has 0 atom stereocenters. The summed E-state index contributed by atoms with van der Waals surface area (Å²) in [6.07, 6.45) is 2.89. The minimum atomic E-state index is -0.351. The summed E-state index contributed by atoms with van der Waals surface area (Å²) in [7, 11) is 0. The fourth-order valence-electron chi connectivity index (χ4n) is 1.39. The average molecular weight is 255 g/mol. The molecule has 0 unspecified atom stereocenters. The van der Waals surface area contributed by atoms with Crippen LogP contribution in [0.2, 0.25) is 0 Å². The first-order valence-corrected chi connectivity index (χ1v) is 6.82. The van der Waals surface area contributed by atoms with Crippen LogP contribution >= 0.6 is 0 Å². The van der Waals surface area contributed by atoms with Gasteiger partial charge in [-0.25, -0.2) is 0 Å². The van der Waals surface area contributed by atoms with Crippen molar-refractivity contribution in [1.29, 1.82) is 0 Å². The Morgan fingerprint density at radius 3 is 1.94 bits per heavy atom. The molecule has 106 valence electrons. The molecule has 0 bridgehead atoms. The van der Waals surface area contributed by atoms with Crippen LogP contribution in [0, 0.1) is 10.8 Å². The molecular formula is C15H29NO2. The number of amides is 1. The van der Waals surface area contributed by atoms with E-state index in [2.05, 4.69) is 26.1 Å². The van der Waals surface area contributed by atoms with Crippen LogP contribution in [0.1, 0.15) is 67.2 Å². The van der Waals surface area contributed by atoms with E-state index in [0.717, 1.165) is 12.8 Å². The van der Waals surface area contributed by atoms with Crippen molar-refractivity contribution in [2.75, 3.05) is 6.54 Å². The topological polar surface area (TPSA) is 46.2 Å². The van der Waals surface area contributed by atoms with E-state index in [0.29, 0.717) is 25.2 Å². The monoisotopic (exact) mass is 255 g/mol. The second-order valence-electron chi connectivity index (χ2n) is 7.21. The minimum absolute atomic E-state index is 0.0460. The van der Waals surface area contributed by atoms with Gasteiger partial charge in [-0.15, -0.1) is 0 Å². The molecule has 1 N–H and O–H groups in total. The average Bonchev–Trinajstić information content (AvgIpc) is 2.18. The van der Waals surface area contributed by atoms with Crippen molar-refractivity contribution in [2.45, 2.75) is 67.2 Å². The number of rotatable bonds is 6. The third kappa shape index (κ3) is 9.20. The summed E-state index contributed by atoms with van der Waals surface area (Å²) >= 11 is 0. The van der Waals surface area contributed by atoms with Gasteiger partial charge in [0, 0.05) is 24.8 Å². The summed E-state index contributed by atoms with van der Waals surface area (Å²) in [5, 5.41) is 2.86. The van der Waals surface area contributed by atoms with E-state index >= 15 is 0 Å². The Morgan fingerprint density at radius 1 is 0.944 bits per heavy atom. The van der Waals surface area contributed by atoms with Gasteiger partial charge >= 0.3 is 0 Å². The lowest BCUT2D eigenvalue weighted by atomic mass is 9.89. The summed E-state index contributed by atoms with van der Waals surface area (Å²) in [5.41, 5.74) is -0.133. The summed E-state index contributed by atoms with van der Waals surface area (Å²) in [6, 6.07) is 0. The SMILES string of the molecule is CC(C)(C)CCC(=O)CCCNC(=O)C(C)(C)C. The molecule has 0 rings (SSSR count). The number of hydrogen-bond acceptors (Lipinski definition) is 2. The first-order valence-electron chi connectivity index (χ1n) is 6.82. The molecule has 0 saturated carbocycles. The van der Waals surface area contributed by atoms with Crippen molar-refractivity contribution < 1.29 is 9.59 Å². The minimum Gasteiger partial charge on any atom is -0.356 e. The third-order valence-electron chi connectivity index (χ3n) is 2.75.